The molecule has 0 unspecified atom stereocenters. The van der Waals surface area contributed by atoms with Gasteiger partial charge in [-0.25, -0.2) is 4.98 Å². The van der Waals surface area contributed by atoms with Gasteiger partial charge in [-0.05, 0) is 66.9 Å². The van der Waals surface area contributed by atoms with Gasteiger partial charge in [-0.15, -0.1) is 0 Å². The highest BCUT2D eigenvalue weighted by Crippen LogP contribution is 2.22. The van der Waals surface area contributed by atoms with Crippen molar-refractivity contribution in [2.75, 3.05) is 20.3 Å². The van der Waals surface area contributed by atoms with E-state index in [0.717, 1.165) is 57.3 Å². The third-order valence-electron chi connectivity index (χ3n) is 5.87. The van der Waals surface area contributed by atoms with E-state index in [-0.39, 0.29) is 5.91 Å². The summed E-state index contributed by atoms with van der Waals surface area (Å²) in [6.07, 6.45) is 1.91. The second kappa shape index (κ2) is 11.8. The number of ether oxygens (including phenoxy) is 2. The van der Waals surface area contributed by atoms with Crippen molar-refractivity contribution in [1.82, 2.24) is 14.9 Å². The minimum Gasteiger partial charge on any atom is -0.497 e. The number of aryl methyl sites for hydroxylation is 2. The first kappa shape index (κ1) is 24.6. The summed E-state index contributed by atoms with van der Waals surface area (Å²) in [6, 6.07) is 21.4. The van der Waals surface area contributed by atoms with E-state index in [1.807, 2.05) is 67.6 Å². The monoisotopic (exact) mass is 491 g/mol. The van der Waals surface area contributed by atoms with Crippen molar-refractivity contribution in [2.45, 2.75) is 32.7 Å². The number of halogens is 1. The molecule has 4 rings (SSSR count). The number of carbonyl (C=O) groups excluding carboxylic acids is 1. The van der Waals surface area contributed by atoms with Gasteiger partial charge >= 0.3 is 0 Å². The second-order valence-electron chi connectivity index (χ2n) is 8.41. The van der Waals surface area contributed by atoms with Gasteiger partial charge in [0.2, 0.25) is 5.91 Å². The highest BCUT2D eigenvalue weighted by atomic mass is 35.5. The summed E-state index contributed by atoms with van der Waals surface area (Å²) in [4.78, 5) is 17.1. The molecule has 7 heteroatoms. The Hall–Kier alpha value is -3.51. The van der Waals surface area contributed by atoms with Gasteiger partial charge in [0, 0.05) is 18.0 Å². The van der Waals surface area contributed by atoms with Crippen molar-refractivity contribution in [3.8, 4) is 11.5 Å². The maximum atomic E-state index is 12.3. The summed E-state index contributed by atoms with van der Waals surface area (Å²) < 4.78 is 13.3. The van der Waals surface area contributed by atoms with E-state index in [4.69, 9.17) is 26.1 Å². The van der Waals surface area contributed by atoms with Crippen LogP contribution in [0.3, 0.4) is 0 Å². The van der Waals surface area contributed by atoms with E-state index in [2.05, 4.69) is 16.0 Å². The van der Waals surface area contributed by atoms with Crippen molar-refractivity contribution in [1.29, 1.82) is 0 Å². The molecule has 3 aromatic carbocycles. The molecule has 0 aliphatic rings. The zero-order valence-electron chi connectivity index (χ0n) is 20.1. The van der Waals surface area contributed by atoms with Crippen LogP contribution >= 0.6 is 11.6 Å². The maximum Gasteiger partial charge on any atom is 0.224 e. The number of aromatic nitrogens is 2. The molecule has 0 radical (unpaired) electrons. The Kier molecular flexibility index (Phi) is 8.27. The second-order valence-corrected chi connectivity index (χ2v) is 8.81. The molecular formula is C28H30ClN3O3. The van der Waals surface area contributed by atoms with E-state index in [1.54, 1.807) is 7.11 Å². The Labute approximate surface area is 210 Å². The average Bonchev–Trinajstić information content (AvgIpc) is 3.22. The van der Waals surface area contributed by atoms with Crippen molar-refractivity contribution >= 4 is 28.5 Å². The van der Waals surface area contributed by atoms with Crippen LogP contribution in [0.4, 0.5) is 0 Å². The van der Waals surface area contributed by atoms with Crippen LogP contribution in [0.2, 0.25) is 5.02 Å². The van der Waals surface area contributed by atoms with Crippen LogP contribution in [0.5, 0.6) is 11.5 Å². The predicted molar refractivity (Wildman–Crippen MR) is 139 cm³/mol. The summed E-state index contributed by atoms with van der Waals surface area (Å²) in [5, 5.41) is 3.75. The molecule has 0 saturated carbocycles. The van der Waals surface area contributed by atoms with Crippen molar-refractivity contribution in [3.05, 3.63) is 88.7 Å². The first-order valence-electron chi connectivity index (χ1n) is 11.8. The molecule has 0 spiro atoms. The number of rotatable bonds is 11. The summed E-state index contributed by atoms with van der Waals surface area (Å²) >= 11 is 6.11. The van der Waals surface area contributed by atoms with Crippen LogP contribution in [-0.2, 0) is 24.2 Å². The van der Waals surface area contributed by atoms with E-state index in [0.29, 0.717) is 26.1 Å². The zero-order chi connectivity index (χ0) is 24.6. The van der Waals surface area contributed by atoms with Crippen LogP contribution in [-0.4, -0.2) is 35.7 Å². The van der Waals surface area contributed by atoms with E-state index >= 15 is 0 Å². The van der Waals surface area contributed by atoms with Gasteiger partial charge < -0.3 is 19.4 Å². The minimum atomic E-state index is 0.00956. The van der Waals surface area contributed by atoms with Crippen LogP contribution in [0.1, 0.15) is 23.4 Å². The normalized spacial score (nSPS) is 10.9. The number of hydrogen-bond donors (Lipinski definition) is 1. The minimum absolute atomic E-state index is 0.00956. The fourth-order valence-corrected chi connectivity index (χ4v) is 4.11. The Morgan fingerprint density at radius 2 is 1.83 bits per heavy atom. The summed E-state index contributed by atoms with van der Waals surface area (Å²) in [6.45, 7) is 3.76. The lowest BCUT2D eigenvalue weighted by molar-refractivity contribution is -0.120. The first-order valence-corrected chi connectivity index (χ1v) is 12.1. The highest BCUT2D eigenvalue weighted by Gasteiger charge is 2.11. The van der Waals surface area contributed by atoms with Gasteiger partial charge in [0.1, 0.15) is 23.9 Å². The lowest BCUT2D eigenvalue weighted by Crippen LogP contribution is -2.26. The zero-order valence-corrected chi connectivity index (χ0v) is 20.8. The van der Waals surface area contributed by atoms with Crippen molar-refractivity contribution in [3.63, 3.8) is 0 Å². The van der Waals surface area contributed by atoms with Crippen LogP contribution in [0.25, 0.3) is 11.0 Å². The number of carbonyl (C=O) groups is 1. The summed E-state index contributed by atoms with van der Waals surface area (Å²) in [7, 11) is 1.63. The molecule has 4 aromatic rings. The van der Waals surface area contributed by atoms with Gasteiger partial charge in [0.15, 0.2) is 0 Å². The number of para-hydroxylation sites is 2. The number of nitrogens with zero attached hydrogens (tertiary/aromatic N) is 2. The molecule has 35 heavy (non-hydrogen) atoms. The molecule has 0 fully saturated rings. The molecule has 1 aromatic heterocycles. The molecule has 1 amide bonds. The SMILES string of the molecule is COc1ccc(CC(=O)NCCCc2nc3ccccc3n2CCOc2ccc(Cl)c(C)c2)cc1. The quantitative estimate of drug-likeness (QED) is 0.286. The van der Waals surface area contributed by atoms with E-state index < -0.39 is 0 Å². The fourth-order valence-electron chi connectivity index (χ4n) is 3.99. The fraction of sp³-hybridized carbons (Fsp3) is 0.286. The Balaban J connectivity index is 1.31. The van der Waals surface area contributed by atoms with Gasteiger partial charge in [-0.3, -0.25) is 4.79 Å². The van der Waals surface area contributed by atoms with Gasteiger partial charge in [0.25, 0.3) is 0 Å². The number of imidazole rings is 1. The van der Waals surface area contributed by atoms with Crippen LogP contribution in [0.15, 0.2) is 66.7 Å². The number of fused-ring (bicyclic) bond motifs is 1. The largest absolute Gasteiger partial charge is 0.497 e. The predicted octanol–water partition coefficient (Wildman–Crippen LogP) is 5.38. The molecule has 1 N–H and O–H groups in total. The van der Waals surface area contributed by atoms with Crippen LogP contribution in [0, 0.1) is 6.92 Å². The maximum absolute atomic E-state index is 12.3. The molecule has 0 aliphatic carbocycles. The number of hydrogen-bond acceptors (Lipinski definition) is 4. The number of amides is 1. The summed E-state index contributed by atoms with van der Waals surface area (Å²) in [5.74, 6) is 2.59. The number of methoxy groups -OCH3 is 1. The lowest BCUT2D eigenvalue weighted by atomic mass is 10.1. The van der Waals surface area contributed by atoms with Crippen molar-refractivity contribution in [2.24, 2.45) is 0 Å². The first-order chi connectivity index (χ1) is 17.0. The Morgan fingerprint density at radius 3 is 2.60 bits per heavy atom. The molecule has 0 aliphatic heterocycles. The molecular weight excluding hydrogens is 462 g/mol. The molecule has 0 bridgehead atoms. The van der Waals surface area contributed by atoms with Gasteiger partial charge in [0.05, 0.1) is 31.1 Å². The van der Waals surface area contributed by atoms with Crippen LogP contribution < -0.4 is 14.8 Å². The summed E-state index contributed by atoms with van der Waals surface area (Å²) in [5.41, 5.74) is 4.00. The van der Waals surface area contributed by atoms with E-state index in [9.17, 15) is 4.79 Å². The molecule has 0 saturated heterocycles. The molecule has 1 heterocycles. The molecule has 0 atom stereocenters. The van der Waals surface area contributed by atoms with E-state index in [1.165, 1.54) is 0 Å². The molecule has 6 nitrogen and oxygen atoms in total. The number of nitrogens with one attached hydrogen (secondary N) is 1. The Morgan fingerprint density at radius 1 is 1.06 bits per heavy atom. The molecule has 182 valence electrons. The smallest absolute Gasteiger partial charge is 0.224 e. The topological polar surface area (TPSA) is 65.4 Å². The lowest BCUT2D eigenvalue weighted by Gasteiger charge is -2.12. The Bertz CT molecular complexity index is 1280. The van der Waals surface area contributed by atoms with Crippen molar-refractivity contribution < 1.29 is 14.3 Å². The average molecular weight is 492 g/mol. The number of benzene rings is 3. The third-order valence-corrected chi connectivity index (χ3v) is 6.29. The third kappa shape index (κ3) is 6.55. The highest BCUT2D eigenvalue weighted by molar-refractivity contribution is 6.31. The standard InChI is InChI=1S/C28H30ClN3O3/c1-20-18-23(13-14-24(20)29)35-17-16-32-26-7-4-3-6-25(26)31-27(32)8-5-15-30-28(33)19-21-9-11-22(34-2)12-10-21/h3-4,6-7,9-14,18H,5,8,15-17,19H2,1-2H3,(H,30,33). The van der Waals surface area contributed by atoms with Gasteiger partial charge in [-0.2, -0.15) is 0 Å². The van der Waals surface area contributed by atoms with Gasteiger partial charge in [-0.1, -0.05) is 35.9 Å².